The van der Waals surface area contributed by atoms with Gasteiger partial charge in [0.1, 0.15) is 0 Å². The van der Waals surface area contributed by atoms with Crippen molar-refractivity contribution in [2.24, 2.45) is 0 Å². The number of ether oxygens (including phenoxy) is 1. The molecule has 0 bridgehead atoms. The normalized spacial score (nSPS) is 18.8. The number of fused-ring (bicyclic) bond motifs is 1. The minimum Gasteiger partial charge on any atom is -0.408 e. The second-order valence-electron chi connectivity index (χ2n) is 8.78. The number of rotatable bonds is 8. The highest BCUT2D eigenvalue weighted by atomic mass is 16.5. The number of oxazole rings is 1. The van der Waals surface area contributed by atoms with Crippen LogP contribution in [0.1, 0.15) is 51.4 Å². The molecule has 3 heterocycles. The van der Waals surface area contributed by atoms with Gasteiger partial charge in [-0.05, 0) is 63.9 Å². The molecule has 0 N–H and O–H groups in total. The number of hydrogen-bond acceptors (Lipinski definition) is 5. The van der Waals surface area contributed by atoms with Crippen LogP contribution in [0.3, 0.4) is 0 Å². The van der Waals surface area contributed by atoms with Gasteiger partial charge in [0.25, 0.3) is 0 Å². The summed E-state index contributed by atoms with van der Waals surface area (Å²) in [4.78, 5) is 30.1. The predicted molar refractivity (Wildman–Crippen MR) is 120 cm³/mol. The van der Waals surface area contributed by atoms with E-state index < -0.39 is 5.76 Å². The van der Waals surface area contributed by atoms with Gasteiger partial charge in [-0.3, -0.25) is 9.36 Å². The highest BCUT2D eigenvalue weighted by Gasteiger charge is 2.26. The van der Waals surface area contributed by atoms with Crippen LogP contribution in [0.15, 0.2) is 33.5 Å². The van der Waals surface area contributed by atoms with E-state index in [0.717, 1.165) is 37.9 Å². The SMILES string of the molecule is O=C(CCn1c(=O)oc2ccccc21)N(CCCN1CCCCCC1)C1CCOCC1. The molecule has 31 heavy (non-hydrogen) atoms. The molecule has 2 aromatic rings. The molecule has 0 radical (unpaired) electrons. The van der Waals surface area contributed by atoms with Crippen molar-refractivity contribution in [1.29, 1.82) is 0 Å². The van der Waals surface area contributed by atoms with Gasteiger partial charge in [-0.1, -0.05) is 25.0 Å². The monoisotopic (exact) mass is 429 g/mol. The van der Waals surface area contributed by atoms with Crippen LogP contribution in [-0.4, -0.2) is 65.7 Å². The number of carbonyl (C=O) groups excluding carboxylic acids is 1. The van der Waals surface area contributed by atoms with Crippen molar-refractivity contribution in [3.63, 3.8) is 0 Å². The summed E-state index contributed by atoms with van der Waals surface area (Å²) < 4.78 is 12.4. The Balaban J connectivity index is 1.37. The maximum absolute atomic E-state index is 13.2. The lowest BCUT2D eigenvalue weighted by Gasteiger charge is -2.35. The number of aromatic nitrogens is 1. The summed E-state index contributed by atoms with van der Waals surface area (Å²) in [5, 5.41) is 0. The standard InChI is InChI=1S/C24H35N3O4/c28-23(10-17-27-21-8-3-4-9-22(21)31-24(27)29)26(20-11-18-30-19-12-20)16-7-15-25-13-5-1-2-6-14-25/h3-4,8-9,20H,1-2,5-7,10-19H2. The molecule has 170 valence electrons. The second kappa shape index (κ2) is 11.0. The molecule has 4 rings (SSSR count). The van der Waals surface area contributed by atoms with Crippen LogP contribution in [0.2, 0.25) is 0 Å². The van der Waals surface area contributed by atoms with Crippen molar-refractivity contribution < 1.29 is 13.9 Å². The van der Waals surface area contributed by atoms with Crippen molar-refractivity contribution in [2.45, 2.75) is 64.0 Å². The molecule has 7 heteroatoms. The highest BCUT2D eigenvalue weighted by Crippen LogP contribution is 2.18. The summed E-state index contributed by atoms with van der Waals surface area (Å²) >= 11 is 0. The zero-order chi connectivity index (χ0) is 21.5. The Labute approximate surface area is 183 Å². The fourth-order valence-corrected chi connectivity index (χ4v) is 4.91. The Kier molecular flexibility index (Phi) is 7.81. The third kappa shape index (κ3) is 5.77. The van der Waals surface area contributed by atoms with Gasteiger partial charge in [-0.15, -0.1) is 0 Å². The average molecular weight is 430 g/mol. The third-order valence-corrected chi connectivity index (χ3v) is 6.65. The number of likely N-dealkylation sites (tertiary alicyclic amines) is 1. The largest absolute Gasteiger partial charge is 0.419 e. The molecule has 0 saturated carbocycles. The number of para-hydroxylation sites is 2. The smallest absolute Gasteiger partial charge is 0.408 e. The Morgan fingerprint density at radius 1 is 1.03 bits per heavy atom. The molecular formula is C24H35N3O4. The molecule has 0 atom stereocenters. The first-order valence-electron chi connectivity index (χ1n) is 11.9. The molecule has 2 aliphatic rings. The number of amides is 1. The van der Waals surface area contributed by atoms with Crippen molar-refractivity contribution in [2.75, 3.05) is 39.4 Å². The Hall–Kier alpha value is -2.12. The number of benzene rings is 1. The molecule has 0 spiro atoms. The summed E-state index contributed by atoms with van der Waals surface area (Å²) in [5.74, 6) is -0.271. The number of nitrogens with zero attached hydrogens (tertiary/aromatic N) is 3. The fourth-order valence-electron chi connectivity index (χ4n) is 4.91. The fraction of sp³-hybridized carbons (Fsp3) is 0.667. The van der Waals surface area contributed by atoms with Crippen LogP contribution in [0.25, 0.3) is 11.1 Å². The maximum Gasteiger partial charge on any atom is 0.419 e. The topological polar surface area (TPSA) is 67.9 Å². The Morgan fingerprint density at radius 3 is 2.55 bits per heavy atom. The summed E-state index contributed by atoms with van der Waals surface area (Å²) in [5.41, 5.74) is 1.32. The highest BCUT2D eigenvalue weighted by molar-refractivity contribution is 5.77. The minimum atomic E-state index is -0.396. The van der Waals surface area contributed by atoms with Gasteiger partial charge in [0, 0.05) is 38.8 Å². The first kappa shape index (κ1) is 22.1. The number of carbonyl (C=O) groups is 1. The van der Waals surface area contributed by atoms with E-state index in [1.165, 1.54) is 38.8 Å². The van der Waals surface area contributed by atoms with E-state index in [1.54, 1.807) is 10.6 Å². The van der Waals surface area contributed by atoms with Gasteiger partial charge in [0.05, 0.1) is 5.52 Å². The van der Waals surface area contributed by atoms with E-state index in [9.17, 15) is 9.59 Å². The zero-order valence-electron chi connectivity index (χ0n) is 18.5. The molecule has 0 unspecified atom stereocenters. The van der Waals surface area contributed by atoms with Gasteiger partial charge in [-0.25, -0.2) is 4.79 Å². The van der Waals surface area contributed by atoms with E-state index in [-0.39, 0.29) is 11.9 Å². The molecule has 1 aromatic carbocycles. The van der Waals surface area contributed by atoms with E-state index in [0.29, 0.717) is 31.8 Å². The first-order chi connectivity index (χ1) is 15.2. The maximum atomic E-state index is 13.2. The molecule has 2 fully saturated rings. The summed E-state index contributed by atoms with van der Waals surface area (Å²) in [6, 6.07) is 7.61. The van der Waals surface area contributed by atoms with Crippen molar-refractivity contribution in [1.82, 2.24) is 14.4 Å². The molecule has 1 aromatic heterocycles. The minimum absolute atomic E-state index is 0.125. The molecule has 1 amide bonds. The molecule has 0 aliphatic carbocycles. The predicted octanol–water partition coefficient (Wildman–Crippen LogP) is 3.26. The quantitative estimate of drug-likeness (QED) is 0.644. The van der Waals surface area contributed by atoms with Crippen molar-refractivity contribution in [3.05, 3.63) is 34.8 Å². The number of aryl methyl sites for hydroxylation is 1. The van der Waals surface area contributed by atoms with Crippen LogP contribution >= 0.6 is 0 Å². The van der Waals surface area contributed by atoms with E-state index >= 15 is 0 Å². The van der Waals surface area contributed by atoms with Gasteiger partial charge >= 0.3 is 5.76 Å². The van der Waals surface area contributed by atoms with Crippen LogP contribution in [0.4, 0.5) is 0 Å². The van der Waals surface area contributed by atoms with Crippen molar-refractivity contribution >= 4 is 17.0 Å². The van der Waals surface area contributed by atoms with Gasteiger partial charge in [-0.2, -0.15) is 0 Å². The van der Waals surface area contributed by atoms with Gasteiger partial charge in [0.2, 0.25) is 5.91 Å². The second-order valence-corrected chi connectivity index (χ2v) is 8.78. The van der Waals surface area contributed by atoms with E-state index in [4.69, 9.17) is 9.15 Å². The van der Waals surface area contributed by atoms with Crippen LogP contribution in [0.5, 0.6) is 0 Å². The van der Waals surface area contributed by atoms with Gasteiger partial charge < -0.3 is 19.0 Å². The summed E-state index contributed by atoms with van der Waals surface area (Å²) in [6.45, 7) is 5.97. The van der Waals surface area contributed by atoms with Gasteiger partial charge in [0.15, 0.2) is 5.58 Å². The van der Waals surface area contributed by atoms with Crippen molar-refractivity contribution in [3.8, 4) is 0 Å². The van der Waals surface area contributed by atoms with E-state index in [2.05, 4.69) is 9.80 Å². The first-order valence-corrected chi connectivity index (χ1v) is 11.9. The Morgan fingerprint density at radius 2 is 1.77 bits per heavy atom. The molecule has 2 saturated heterocycles. The molecular weight excluding hydrogens is 394 g/mol. The third-order valence-electron chi connectivity index (χ3n) is 6.65. The average Bonchev–Trinajstić information content (AvgIpc) is 2.93. The Bertz CT molecular complexity index is 892. The zero-order valence-corrected chi connectivity index (χ0v) is 18.5. The lowest BCUT2D eigenvalue weighted by atomic mass is 10.1. The van der Waals surface area contributed by atoms with Crippen LogP contribution < -0.4 is 5.76 Å². The summed E-state index contributed by atoms with van der Waals surface area (Å²) in [6.07, 6.45) is 8.35. The molecule has 7 nitrogen and oxygen atoms in total. The summed E-state index contributed by atoms with van der Waals surface area (Å²) in [7, 11) is 0. The molecule has 2 aliphatic heterocycles. The lowest BCUT2D eigenvalue weighted by molar-refractivity contribution is -0.135. The lowest BCUT2D eigenvalue weighted by Crippen LogP contribution is -2.45. The van der Waals surface area contributed by atoms with Crippen LogP contribution in [-0.2, 0) is 16.1 Å². The number of hydrogen-bond donors (Lipinski definition) is 0. The van der Waals surface area contributed by atoms with Crippen LogP contribution in [0, 0.1) is 0 Å². The van der Waals surface area contributed by atoms with E-state index in [1.807, 2.05) is 18.2 Å².